The van der Waals surface area contributed by atoms with Crippen molar-refractivity contribution in [1.82, 2.24) is 0 Å². The first-order valence-electron chi connectivity index (χ1n) is 5.29. The number of allylic oxidation sites excluding steroid dienone is 1. The fourth-order valence-electron chi connectivity index (χ4n) is 1.56. The molecule has 0 saturated heterocycles. The summed E-state index contributed by atoms with van der Waals surface area (Å²) in [6.45, 7) is 0. The number of nitrogens with two attached hydrogens (primary N) is 1. The van der Waals surface area contributed by atoms with E-state index >= 15 is 0 Å². The quantitative estimate of drug-likeness (QED) is 0.770. The zero-order valence-corrected chi connectivity index (χ0v) is 8.45. The van der Waals surface area contributed by atoms with E-state index in [4.69, 9.17) is 5.73 Å². The van der Waals surface area contributed by atoms with Crippen LogP contribution < -0.4 is 5.73 Å². The number of benzene rings is 1. The Morgan fingerprint density at radius 1 is 1.21 bits per heavy atom. The van der Waals surface area contributed by atoms with E-state index in [-0.39, 0.29) is 5.54 Å². The van der Waals surface area contributed by atoms with Gasteiger partial charge in [0.25, 0.3) is 0 Å². The zero-order valence-electron chi connectivity index (χ0n) is 8.45. The fourth-order valence-corrected chi connectivity index (χ4v) is 1.56. The van der Waals surface area contributed by atoms with Crippen molar-refractivity contribution in [3.05, 3.63) is 42.0 Å². The van der Waals surface area contributed by atoms with Crippen molar-refractivity contribution >= 4 is 6.08 Å². The summed E-state index contributed by atoms with van der Waals surface area (Å²) in [5.74, 6) is 0. The largest absolute Gasteiger partial charge is 0.325 e. The van der Waals surface area contributed by atoms with Crippen molar-refractivity contribution in [1.29, 1.82) is 0 Å². The highest BCUT2D eigenvalue weighted by Gasteiger charge is 2.36. The molecule has 1 saturated carbocycles. The summed E-state index contributed by atoms with van der Waals surface area (Å²) < 4.78 is 0. The second kappa shape index (κ2) is 3.97. The molecule has 1 fully saturated rings. The fraction of sp³-hybridized carbons (Fsp3) is 0.385. The minimum absolute atomic E-state index is 0.195. The summed E-state index contributed by atoms with van der Waals surface area (Å²) in [6.07, 6.45) is 9.06. The zero-order chi connectivity index (χ0) is 9.86. The molecule has 0 atom stereocenters. The van der Waals surface area contributed by atoms with Crippen LogP contribution in [-0.4, -0.2) is 5.54 Å². The Hall–Kier alpha value is -1.08. The third-order valence-corrected chi connectivity index (χ3v) is 2.81. The highest BCUT2D eigenvalue weighted by molar-refractivity contribution is 5.48. The molecule has 0 unspecified atom stereocenters. The van der Waals surface area contributed by atoms with Gasteiger partial charge in [0.05, 0.1) is 0 Å². The first-order chi connectivity index (χ1) is 6.79. The van der Waals surface area contributed by atoms with Crippen LogP contribution in [0, 0.1) is 0 Å². The van der Waals surface area contributed by atoms with E-state index in [1.165, 1.54) is 18.4 Å². The maximum Gasteiger partial charge on any atom is 0.0158 e. The Kier molecular flexibility index (Phi) is 2.69. The highest BCUT2D eigenvalue weighted by atomic mass is 14.8. The molecule has 0 amide bonds. The van der Waals surface area contributed by atoms with E-state index in [0.717, 1.165) is 12.8 Å². The molecule has 0 heterocycles. The van der Waals surface area contributed by atoms with Crippen LogP contribution in [0.2, 0.25) is 0 Å². The van der Waals surface area contributed by atoms with E-state index in [9.17, 15) is 0 Å². The van der Waals surface area contributed by atoms with Gasteiger partial charge in [-0.2, -0.15) is 0 Å². The summed E-state index contributed by atoms with van der Waals surface area (Å²) in [5, 5.41) is 0. The lowest BCUT2D eigenvalue weighted by Crippen LogP contribution is -2.20. The van der Waals surface area contributed by atoms with Gasteiger partial charge in [0.15, 0.2) is 0 Å². The standard InChI is InChI=1S/C13H17N/c14-13(10-11-13)9-5-4-8-12-6-2-1-3-7-12/h1-4,6-8H,5,9-11,14H2/b8-4+. The summed E-state index contributed by atoms with van der Waals surface area (Å²) in [6, 6.07) is 10.4. The third-order valence-electron chi connectivity index (χ3n) is 2.81. The molecule has 0 spiro atoms. The Balaban J connectivity index is 1.77. The van der Waals surface area contributed by atoms with Crippen molar-refractivity contribution < 1.29 is 0 Å². The van der Waals surface area contributed by atoms with Gasteiger partial charge >= 0.3 is 0 Å². The van der Waals surface area contributed by atoms with Gasteiger partial charge < -0.3 is 5.73 Å². The molecule has 1 nitrogen and oxygen atoms in total. The monoisotopic (exact) mass is 187 g/mol. The van der Waals surface area contributed by atoms with Crippen LogP contribution in [0.5, 0.6) is 0 Å². The predicted molar refractivity (Wildman–Crippen MR) is 60.9 cm³/mol. The van der Waals surface area contributed by atoms with Gasteiger partial charge in [-0.3, -0.25) is 0 Å². The van der Waals surface area contributed by atoms with Crippen LogP contribution in [0.3, 0.4) is 0 Å². The molecule has 2 N–H and O–H groups in total. The van der Waals surface area contributed by atoms with Crippen molar-refractivity contribution in [3.8, 4) is 0 Å². The van der Waals surface area contributed by atoms with E-state index in [1.807, 2.05) is 6.07 Å². The van der Waals surface area contributed by atoms with Gasteiger partial charge in [0.1, 0.15) is 0 Å². The average Bonchev–Trinajstić information content (AvgIpc) is 2.94. The maximum atomic E-state index is 5.99. The van der Waals surface area contributed by atoms with Gasteiger partial charge in [-0.25, -0.2) is 0 Å². The Morgan fingerprint density at radius 3 is 2.57 bits per heavy atom. The van der Waals surface area contributed by atoms with E-state index in [1.54, 1.807) is 0 Å². The van der Waals surface area contributed by atoms with Crippen LogP contribution in [0.15, 0.2) is 36.4 Å². The summed E-state index contributed by atoms with van der Waals surface area (Å²) in [7, 11) is 0. The molecule has 1 aromatic carbocycles. The lowest BCUT2D eigenvalue weighted by atomic mass is 10.1. The van der Waals surface area contributed by atoms with Crippen LogP contribution in [0.4, 0.5) is 0 Å². The van der Waals surface area contributed by atoms with Crippen molar-refractivity contribution in [2.45, 2.75) is 31.2 Å². The van der Waals surface area contributed by atoms with Crippen LogP contribution in [0.1, 0.15) is 31.2 Å². The van der Waals surface area contributed by atoms with Crippen molar-refractivity contribution in [2.24, 2.45) is 5.73 Å². The molecule has 0 aromatic heterocycles. The van der Waals surface area contributed by atoms with Crippen LogP contribution >= 0.6 is 0 Å². The van der Waals surface area contributed by atoms with Crippen LogP contribution in [0.25, 0.3) is 6.08 Å². The molecule has 0 bridgehead atoms. The molecule has 74 valence electrons. The number of hydrogen-bond donors (Lipinski definition) is 1. The topological polar surface area (TPSA) is 26.0 Å². The lowest BCUT2D eigenvalue weighted by molar-refractivity contribution is 0.618. The van der Waals surface area contributed by atoms with Gasteiger partial charge in [0, 0.05) is 5.54 Å². The second-order valence-corrected chi connectivity index (χ2v) is 4.21. The highest BCUT2D eigenvalue weighted by Crippen LogP contribution is 2.36. The Bertz CT molecular complexity index is 309. The number of rotatable bonds is 4. The predicted octanol–water partition coefficient (Wildman–Crippen LogP) is 2.97. The summed E-state index contributed by atoms with van der Waals surface area (Å²) in [4.78, 5) is 0. The van der Waals surface area contributed by atoms with Crippen molar-refractivity contribution in [3.63, 3.8) is 0 Å². The molecule has 1 aliphatic rings. The lowest BCUT2D eigenvalue weighted by Gasteiger charge is -2.03. The molecule has 1 aromatic rings. The Morgan fingerprint density at radius 2 is 1.93 bits per heavy atom. The molecular weight excluding hydrogens is 170 g/mol. The van der Waals surface area contributed by atoms with E-state index in [2.05, 4.69) is 36.4 Å². The first-order valence-corrected chi connectivity index (χ1v) is 5.29. The van der Waals surface area contributed by atoms with Crippen molar-refractivity contribution in [2.75, 3.05) is 0 Å². The maximum absolute atomic E-state index is 5.99. The number of hydrogen-bond acceptors (Lipinski definition) is 1. The summed E-state index contributed by atoms with van der Waals surface area (Å²) in [5.41, 5.74) is 7.46. The smallest absolute Gasteiger partial charge is 0.0158 e. The third kappa shape index (κ3) is 2.71. The van der Waals surface area contributed by atoms with Gasteiger partial charge in [0.2, 0.25) is 0 Å². The normalized spacial score (nSPS) is 18.6. The molecule has 1 heteroatoms. The molecule has 0 aliphatic heterocycles. The van der Waals surface area contributed by atoms with E-state index < -0.39 is 0 Å². The molecule has 14 heavy (non-hydrogen) atoms. The molecule has 0 radical (unpaired) electrons. The molecule has 1 aliphatic carbocycles. The minimum Gasteiger partial charge on any atom is -0.325 e. The van der Waals surface area contributed by atoms with Crippen LogP contribution in [-0.2, 0) is 0 Å². The minimum atomic E-state index is 0.195. The first kappa shape index (κ1) is 9.47. The SMILES string of the molecule is NC1(CC/C=C/c2ccccc2)CC1. The Labute approximate surface area is 85.6 Å². The average molecular weight is 187 g/mol. The van der Waals surface area contributed by atoms with E-state index in [0.29, 0.717) is 0 Å². The second-order valence-electron chi connectivity index (χ2n) is 4.21. The molecular formula is C13H17N. The summed E-state index contributed by atoms with van der Waals surface area (Å²) >= 11 is 0. The molecule has 2 rings (SSSR count). The van der Waals surface area contributed by atoms with Gasteiger partial charge in [-0.1, -0.05) is 42.5 Å². The van der Waals surface area contributed by atoms with Gasteiger partial charge in [-0.15, -0.1) is 0 Å². The van der Waals surface area contributed by atoms with Gasteiger partial charge in [-0.05, 0) is 31.2 Å².